The van der Waals surface area contributed by atoms with Crippen LogP contribution >= 0.6 is 0 Å². The number of methoxy groups -OCH3 is 2. The summed E-state index contributed by atoms with van der Waals surface area (Å²) in [4.78, 5) is 16.4. The van der Waals surface area contributed by atoms with Crippen molar-refractivity contribution in [1.29, 1.82) is 0 Å². The summed E-state index contributed by atoms with van der Waals surface area (Å²) in [5, 5.41) is 0. The number of hydrogen-bond acceptors (Lipinski definition) is 4. The average Bonchev–Trinajstić information content (AvgIpc) is 2.40. The van der Waals surface area contributed by atoms with Crippen LogP contribution in [0.4, 0.5) is 0 Å². The van der Waals surface area contributed by atoms with Crippen LogP contribution in [0.15, 0.2) is 29.1 Å². The van der Waals surface area contributed by atoms with Crippen LogP contribution in [0.2, 0.25) is 0 Å². The maximum atomic E-state index is 12.1. The Morgan fingerprint density at radius 3 is 2.61 bits per heavy atom. The van der Waals surface area contributed by atoms with Crippen molar-refractivity contribution in [1.82, 2.24) is 9.55 Å². The first-order valence-corrected chi connectivity index (χ1v) is 5.69. The van der Waals surface area contributed by atoms with E-state index in [1.165, 1.54) is 0 Å². The SMILES string of the molecule is COC(Cn1c(=O)c(C)nc2ccccc21)OC. The van der Waals surface area contributed by atoms with E-state index in [2.05, 4.69) is 4.98 Å². The molecule has 0 bridgehead atoms. The molecular formula is C13H16N2O3. The Kier molecular flexibility index (Phi) is 3.74. The van der Waals surface area contributed by atoms with Gasteiger partial charge in [0, 0.05) is 14.2 Å². The van der Waals surface area contributed by atoms with Crippen LogP contribution in [0.5, 0.6) is 0 Å². The lowest BCUT2D eigenvalue weighted by Gasteiger charge is -2.17. The van der Waals surface area contributed by atoms with Gasteiger partial charge in [-0.25, -0.2) is 4.98 Å². The van der Waals surface area contributed by atoms with E-state index in [-0.39, 0.29) is 5.56 Å². The Labute approximate surface area is 105 Å². The molecule has 0 saturated heterocycles. The Balaban J connectivity index is 2.60. The van der Waals surface area contributed by atoms with Crippen LogP contribution in [0.3, 0.4) is 0 Å². The molecule has 0 amide bonds. The summed E-state index contributed by atoms with van der Waals surface area (Å²) >= 11 is 0. The third-order valence-corrected chi connectivity index (χ3v) is 2.87. The highest BCUT2D eigenvalue weighted by molar-refractivity contribution is 5.74. The topological polar surface area (TPSA) is 53.4 Å². The Morgan fingerprint density at radius 1 is 1.28 bits per heavy atom. The van der Waals surface area contributed by atoms with E-state index in [1.807, 2.05) is 24.3 Å². The molecule has 5 nitrogen and oxygen atoms in total. The lowest BCUT2D eigenvalue weighted by atomic mass is 10.2. The minimum absolute atomic E-state index is 0.118. The van der Waals surface area contributed by atoms with Gasteiger partial charge in [-0.2, -0.15) is 0 Å². The Bertz CT molecular complexity index is 603. The van der Waals surface area contributed by atoms with Crippen LogP contribution in [0.1, 0.15) is 5.69 Å². The van der Waals surface area contributed by atoms with Crippen molar-refractivity contribution in [2.24, 2.45) is 0 Å². The molecule has 0 aliphatic carbocycles. The van der Waals surface area contributed by atoms with Crippen molar-refractivity contribution in [3.63, 3.8) is 0 Å². The zero-order valence-corrected chi connectivity index (χ0v) is 10.7. The van der Waals surface area contributed by atoms with E-state index in [9.17, 15) is 4.79 Å². The monoisotopic (exact) mass is 248 g/mol. The summed E-state index contributed by atoms with van der Waals surface area (Å²) in [6.07, 6.45) is -0.451. The summed E-state index contributed by atoms with van der Waals surface area (Å²) in [5.74, 6) is 0. The number of hydrogen-bond donors (Lipinski definition) is 0. The number of aryl methyl sites for hydroxylation is 1. The standard InChI is InChI=1S/C13H16N2O3/c1-9-13(16)15(8-12(17-2)18-3)11-7-5-4-6-10(11)14-9/h4-7,12H,8H2,1-3H3. The van der Waals surface area contributed by atoms with Crippen LogP contribution < -0.4 is 5.56 Å². The molecule has 2 rings (SSSR count). The molecule has 96 valence electrons. The van der Waals surface area contributed by atoms with E-state index < -0.39 is 6.29 Å². The molecule has 0 atom stereocenters. The van der Waals surface area contributed by atoms with Gasteiger partial charge in [0.25, 0.3) is 5.56 Å². The predicted molar refractivity (Wildman–Crippen MR) is 68.5 cm³/mol. The molecule has 0 radical (unpaired) electrons. The lowest BCUT2D eigenvalue weighted by molar-refractivity contribution is -0.110. The van der Waals surface area contributed by atoms with E-state index in [0.717, 1.165) is 11.0 Å². The van der Waals surface area contributed by atoms with Gasteiger partial charge in [0.05, 0.1) is 17.6 Å². The minimum atomic E-state index is -0.451. The summed E-state index contributed by atoms with van der Waals surface area (Å²) < 4.78 is 11.9. The van der Waals surface area contributed by atoms with Gasteiger partial charge in [0.1, 0.15) is 5.69 Å². The average molecular weight is 248 g/mol. The molecule has 1 heterocycles. The quantitative estimate of drug-likeness (QED) is 0.766. The maximum Gasteiger partial charge on any atom is 0.272 e. The second kappa shape index (κ2) is 5.29. The normalized spacial score (nSPS) is 11.3. The number of rotatable bonds is 4. The van der Waals surface area contributed by atoms with Crippen molar-refractivity contribution >= 4 is 11.0 Å². The molecule has 0 saturated carbocycles. The molecule has 0 spiro atoms. The van der Waals surface area contributed by atoms with Crippen molar-refractivity contribution in [2.75, 3.05) is 14.2 Å². The summed E-state index contributed by atoms with van der Waals surface area (Å²) in [6.45, 7) is 2.05. The predicted octanol–water partition coefficient (Wildman–Crippen LogP) is 1.32. The van der Waals surface area contributed by atoms with Crippen LogP contribution in [0.25, 0.3) is 11.0 Å². The van der Waals surface area contributed by atoms with E-state index >= 15 is 0 Å². The fourth-order valence-corrected chi connectivity index (χ4v) is 1.90. The van der Waals surface area contributed by atoms with Gasteiger partial charge in [0.15, 0.2) is 6.29 Å². The molecule has 0 N–H and O–H groups in total. The maximum absolute atomic E-state index is 12.1. The number of aromatic nitrogens is 2. The van der Waals surface area contributed by atoms with Gasteiger partial charge in [-0.1, -0.05) is 12.1 Å². The first kappa shape index (κ1) is 12.7. The summed E-state index contributed by atoms with van der Waals surface area (Å²) in [6, 6.07) is 7.52. The van der Waals surface area contributed by atoms with Gasteiger partial charge in [-0.05, 0) is 19.1 Å². The summed E-state index contributed by atoms with van der Waals surface area (Å²) in [5.41, 5.74) is 1.93. The first-order valence-electron chi connectivity index (χ1n) is 5.69. The smallest absolute Gasteiger partial charge is 0.272 e. The molecule has 0 fully saturated rings. The van der Waals surface area contributed by atoms with E-state index in [0.29, 0.717) is 12.2 Å². The highest BCUT2D eigenvalue weighted by Crippen LogP contribution is 2.10. The van der Waals surface area contributed by atoms with Crippen molar-refractivity contribution in [3.05, 3.63) is 40.3 Å². The van der Waals surface area contributed by atoms with E-state index in [1.54, 1.807) is 25.7 Å². The summed E-state index contributed by atoms with van der Waals surface area (Å²) in [7, 11) is 3.10. The highest BCUT2D eigenvalue weighted by Gasteiger charge is 2.12. The zero-order valence-electron chi connectivity index (χ0n) is 10.7. The van der Waals surface area contributed by atoms with Crippen molar-refractivity contribution in [2.45, 2.75) is 19.8 Å². The zero-order chi connectivity index (χ0) is 13.1. The lowest BCUT2D eigenvalue weighted by Crippen LogP contribution is -2.31. The van der Waals surface area contributed by atoms with Crippen molar-refractivity contribution < 1.29 is 9.47 Å². The number of benzene rings is 1. The van der Waals surface area contributed by atoms with Crippen LogP contribution in [0, 0.1) is 6.92 Å². The highest BCUT2D eigenvalue weighted by atomic mass is 16.7. The molecule has 18 heavy (non-hydrogen) atoms. The molecule has 1 aromatic carbocycles. The molecular weight excluding hydrogens is 232 g/mol. The third kappa shape index (κ3) is 2.27. The minimum Gasteiger partial charge on any atom is -0.354 e. The molecule has 0 aliphatic rings. The third-order valence-electron chi connectivity index (χ3n) is 2.87. The van der Waals surface area contributed by atoms with Gasteiger partial charge < -0.3 is 14.0 Å². The van der Waals surface area contributed by atoms with Crippen LogP contribution in [-0.2, 0) is 16.0 Å². The molecule has 0 unspecified atom stereocenters. The fourth-order valence-electron chi connectivity index (χ4n) is 1.90. The van der Waals surface area contributed by atoms with Gasteiger partial charge in [-0.15, -0.1) is 0 Å². The second-order valence-electron chi connectivity index (χ2n) is 4.00. The van der Waals surface area contributed by atoms with Gasteiger partial charge >= 0.3 is 0 Å². The largest absolute Gasteiger partial charge is 0.354 e. The molecule has 1 aromatic heterocycles. The second-order valence-corrected chi connectivity index (χ2v) is 4.00. The fraction of sp³-hybridized carbons (Fsp3) is 0.385. The number of nitrogens with zero attached hydrogens (tertiary/aromatic N) is 2. The van der Waals surface area contributed by atoms with Gasteiger partial charge in [-0.3, -0.25) is 4.79 Å². The number of ether oxygens (including phenoxy) is 2. The Hall–Kier alpha value is -1.72. The number of para-hydroxylation sites is 2. The number of fused-ring (bicyclic) bond motifs is 1. The van der Waals surface area contributed by atoms with Gasteiger partial charge in [0.2, 0.25) is 0 Å². The van der Waals surface area contributed by atoms with Crippen molar-refractivity contribution in [3.8, 4) is 0 Å². The first-order chi connectivity index (χ1) is 8.67. The van der Waals surface area contributed by atoms with Crippen LogP contribution in [-0.4, -0.2) is 30.1 Å². The Morgan fingerprint density at radius 2 is 1.94 bits per heavy atom. The molecule has 2 aromatic rings. The molecule has 5 heteroatoms. The van der Waals surface area contributed by atoms with E-state index in [4.69, 9.17) is 9.47 Å². The molecule has 0 aliphatic heterocycles.